The Balaban J connectivity index is 0.000000595. The number of aryl methyl sites for hydroxylation is 1. The molecule has 3 rings (SSSR count). The molecule has 126 valence electrons. The van der Waals surface area contributed by atoms with E-state index in [0.29, 0.717) is 0 Å². The van der Waals surface area contributed by atoms with Crippen LogP contribution < -0.4 is 5.32 Å². The number of nitrogens with one attached hydrogen (secondary N) is 1. The molecule has 0 amide bonds. The minimum absolute atomic E-state index is 0.193. The molecule has 1 aliphatic heterocycles. The summed E-state index contributed by atoms with van der Waals surface area (Å²) in [6.45, 7) is 10.6. The highest BCUT2D eigenvalue weighted by molar-refractivity contribution is 9.10. The van der Waals surface area contributed by atoms with Crippen LogP contribution in [0.25, 0.3) is 0 Å². The quantitative estimate of drug-likeness (QED) is 0.800. The number of hydrogen-bond donors (Lipinski definition) is 1. The van der Waals surface area contributed by atoms with Crippen molar-refractivity contribution in [2.24, 2.45) is 0 Å². The molecule has 0 saturated heterocycles. The lowest BCUT2D eigenvalue weighted by Crippen LogP contribution is -2.21. The standard InChI is InChI=1S/C15H19BrN4.C3H8/c1-15(2,12-6-5-11(16)10-18-12)13-9-14-17-7-3-4-8-20(14)19-13;1-3-2/h5-6,9-10,17H,3-4,7-8H2,1-2H3;3H2,1-2H3. The van der Waals surface area contributed by atoms with Crippen LogP contribution in [0.4, 0.5) is 5.82 Å². The van der Waals surface area contributed by atoms with Gasteiger partial charge in [-0.1, -0.05) is 20.3 Å². The Labute approximate surface area is 147 Å². The minimum atomic E-state index is -0.193. The molecule has 1 N–H and O–H groups in total. The van der Waals surface area contributed by atoms with Crippen molar-refractivity contribution in [2.75, 3.05) is 11.9 Å². The van der Waals surface area contributed by atoms with Crippen molar-refractivity contribution in [3.63, 3.8) is 0 Å². The van der Waals surface area contributed by atoms with Crippen molar-refractivity contribution in [1.82, 2.24) is 14.8 Å². The van der Waals surface area contributed by atoms with E-state index in [9.17, 15) is 0 Å². The van der Waals surface area contributed by atoms with E-state index in [1.54, 1.807) is 0 Å². The lowest BCUT2D eigenvalue weighted by molar-refractivity contribution is 0.541. The first-order valence-electron chi connectivity index (χ1n) is 8.43. The summed E-state index contributed by atoms with van der Waals surface area (Å²) in [6, 6.07) is 6.25. The molecule has 5 heteroatoms. The van der Waals surface area contributed by atoms with Crippen LogP contribution in [-0.2, 0) is 12.0 Å². The first kappa shape index (κ1) is 18.0. The van der Waals surface area contributed by atoms with Gasteiger partial charge < -0.3 is 5.32 Å². The number of pyridine rings is 1. The average molecular weight is 379 g/mol. The molecule has 0 bridgehead atoms. The molecule has 0 unspecified atom stereocenters. The second kappa shape index (κ2) is 7.95. The predicted octanol–water partition coefficient (Wildman–Crippen LogP) is 4.99. The zero-order valence-corrected chi connectivity index (χ0v) is 16.2. The third-order valence-electron chi connectivity index (χ3n) is 3.89. The normalized spacial score (nSPS) is 14.1. The van der Waals surface area contributed by atoms with Gasteiger partial charge in [0.15, 0.2) is 0 Å². The summed E-state index contributed by atoms with van der Waals surface area (Å²) in [6.07, 6.45) is 5.48. The Morgan fingerprint density at radius 1 is 1.22 bits per heavy atom. The third-order valence-corrected chi connectivity index (χ3v) is 4.36. The van der Waals surface area contributed by atoms with Gasteiger partial charge in [0, 0.05) is 29.8 Å². The molecule has 0 fully saturated rings. The summed E-state index contributed by atoms with van der Waals surface area (Å²) < 4.78 is 3.09. The number of rotatable bonds is 2. The largest absolute Gasteiger partial charge is 0.370 e. The van der Waals surface area contributed by atoms with Gasteiger partial charge in [-0.05, 0) is 54.8 Å². The van der Waals surface area contributed by atoms with E-state index >= 15 is 0 Å². The second-order valence-electron chi connectivity index (χ2n) is 6.47. The van der Waals surface area contributed by atoms with Gasteiger partial charge in [-0.3, -0.25) is 4.98 Å². The van der Waals surface area contributed by atoms with Crippen LogP contribution >= 0.6 is 15.9 Å². The van der Waals surface area contributed by atoms with Crippen LogP contribution in [0.3, 0.4) is 0 Å². The lowest BCUT2D eigenvalue weighted by Gasteiger charge is -2.21. The van der Waals surface area contributed by atoms with Crippen molar-refractivity contribution in [2.45, 2.75) is 58.9 Å². The van der Waals surface area contributed by atoms with Crippen LogP contribution in [-0.4, -0.2) is 21.3 Å². The summed E-state index contributed by atoms with van der Waals surface area (Å²) >= 11 is 3.43. The zero-order chi connectivity index (χ0) is 16.9. The number of hydrogen-bond acceptors (Lipinski definition) is 3. The Hall–Kier alpha value is -1.36. The number of aromatic nitrogens is 3. The van der Waals surface area contributed by atoms with E-state index < -0.39 is 0 Å². The molecular weight excluding hydrogens is 352 g/mol. The fourth-order valence-corrected chi connectivity index (χ4v) is 2.75. The highest BCUT2D eigenvalue weighted by Crippen LogP contribution is 2.31. The zero-order valence-electron chi connectivity index (χ0n) is 14.6. The van der Waals surface area contributed by atoms with Crippen LogP contribution in [0.1, 0.15) is 58.3 Å². The maximum absolute atomic E-state index is 4.78. The van der Waals surface area contributed by atoms with E-state index in [0.717, 1.165) is 34.8 Å². The van der Waals surface area contributed by atoms with Crippen molar-refractivity contribution in [1.29, 1.82) is 0 Å². The van der Waals surface area contributed by atoms with Crippen LogP contribution in [0.2, 0.25) is 0 Å². The molecule has 1 aliphatic rings. The van der Waals surface area contributed by atoms with E-state index in [2.05, 4.69) is 70.7 Å². The molecular formula is C18H27BrN4. The van der Waals surface area contributed by atoms with Gasteiger partial charge in [0.2, 0.25) is 0 Å². The van der Waals surface area contributed by atoms with Gasteiger partial charge >= 0.3 is 0 Å². The van der Waals surface area contributed by atoms with Crippen LogP contribution in [0, 0.1) is 0 Å². The fourth-order valence-electron chi connectivity index (χ4n) is 2.51. The van der Waals surface area contributed by atoms with E-state index in [1.807, 2.05) is 12.3 Å². The predicted molar refractivity (Wildman–Crippen MR) is 100.0 cm³/mol. The summed E-state index contributed by atoms with van der Waals surface area (Å²) in [5.41, 5.74) is 1.91. The molecule has 0 radical (unpaired) electrons. The smallest absolute Gasteiger partial charge is 0.124 e. The van der Waals surface area contributed by atoms with Crippen molar-refractivity contribution < 1.29 is 0 Å². The molecule has 3 heterocycles. The molecule has 2 aromatic heterocycles. The lowest BCUT2D eigenvalue weighted by atomic mass is 9.85. The SMILES string of the molecule is CC(C)(c1ccc(Br)cn1)c1cc2n(n1)CCCCN2.CCC. The van der Waals surface area contributed by atoms with Gasteiger partial charge in [-0.2, -0.15) is 5.10 Å². The number of halogens is 1. The number of fused-ring (bicyclic) bond motifs is 1. The summed E-state index contributed by atoms with van der Waals surface area (Å²) in [5.74, 6) is 1.13. The first-order chi connectivity index (χ1) is 11.0. The van der Waals surface area contributed by atoms with Gasteiger partial charge in [-0.15, -0.1) is 0 Å². The third kappa shape index (κ3) is 4.34. The molecule has 0 aliphatic carbocycles. The van der Waals surface area contributed by atoms with Crippen molar-refractivity contribution in [3.05, 3.63) is 40.3 Å². The van der Waals surface area contributed by atoms with Gasteiger partial charge in [-0.25, -0.2) is 4.68 Å². The number of nitrogens with zero attached hydrogens (tertiary/aromatic N) is 3. The maximum Gasteiger partial charge on any atom is 0.124 e. The van der Waals surface area contributed by atoms with E-state index in [-0.39, 0.29) is 5.41 Å². The highest BCUT2D eigenvalue weighted by atomic mass is 79.9. The molecule has 4 nitrogen and oxygen atoms in total. The van der Waals surface area contributed by atoms with E-state index in [1.165, 1.54) is 19.3 Å². The number of anilines is 1. The van der Waals surface area contributed by atoms with Gasteiger partial charge in [0.25, 0.3) is 0 Å². The van der Waals surface area contributed by atoms with Crippen LogP contribution in [0.15, 0.2) is 28.9 Å². The molecule has 0 atom stereocenters. The summed E-state index contributed by atoms with van der Waals surface area (Å²) in [5, 5.41) is 8.23. The Morgan fingerprint density at radius 2 is 1.96 bits per heavy atom. The maximum atomic E-state index is 4.78. The van der Waals surface area contributed by atoms with Gasteiger partial charge in [0.05, 0.1) is 16.8 Å². The highest BCUT2D eigenvalue weighted by Gasteiger charge is 2.29. The summed E-state index contributed by atoms with van der Waals surface area (Å²) in [7, 11) is 0. The van der Waals surface area contributed by atoms with Gasteiger partial charge in [0.1, 0.15) is 5.82 Å². The molecule has 0 spiro atoms. The monoisotopic (exact) mass is 378 g/mol. The minimum Gasteiger partial charge on any atom is -0.370 e. The molecule has 0 saturated carbocycles. The Morgan fingerprint density at radius 3 is 2.61 bits per heavy atom. The van der Waals surface area contributed by atoms with Crippen LogP contribution in [0.5, 0.6) is 0 Å². The summed E-state index contributed by atoms with van der Waals surface area (Å²) in [4.78, 5) is 4.53. The second-order valence-corrected chi connectivity index (χ2v) is 7.38. The average Bonchev–Trinajstić information content (AvgIpc) is 2.81. The molecule has 0 aromatic carbocycles. The van der Waals surface area contributed by atoms with E-state index in [4.69, 9.17) is 5.10 Å². The Kier molecular flexibility index (Phi) is 6.22. The molecule has 2 aromatic rings. The van der Waals surface area contributed by atoms with Crippen molar-refractivity contribution in [3.8, 4) is 0 Å². The fraction of sp³-hybridized carbons (Fsp3) is 0.556. The first-order valence-corrected chi connectivity index (χ1v) is 9.22. The van der Waals surface area contributed by atoms with Crippen molar-refractivity contribution >= 4 is 21.7 Å². The molecule has 23 heavy (non-hydrogen) atoms. The topological polar surface area (TPSA) is 42.7 Å². The Bertz CT molecular complexity index is 593.